The fourth-order valence-corrected chi connectivity index (χ4v) is 2.77. The molecule has 0 aliphatic rings. The monoisotopic (exact) mass is 289 g/mol. The van der Waals surface area contributed by atoms with Gasteiger partial charge in [-0.15, -0.1) is 0 Å². The average Bonchev–Trinajstić information content (AvgIpc) is 2.76. The van der Waals surface area contributed by atoms with E-state index in [-0.39, 0.29) is 6.04 Å². The summed E-state index contributed by atoms with van der Waals surface area (Å²) in [5.41, 5.74) is 0.782. The van der Waals surface area contributed by atoms with Crippen molar-refractivity contribution >= 4 is 9.84 Å². The molecule has 0 amide bonds. The molecule has 0 aliphatic heterocycles. The van der Waals surface area contributed by atoms with Crippen molar-refractivity contribution in [2.75, 3.05) is 19.9 Å². The molecule has 0 fully saturated rings. The Kier molecular flexibility index (Phi) is 5.37. The molecule has 7 heteroatoms. The molecule has 0 aliphatic carbocycles. The van der Waals surface area contributed by atoms with Crippen LogP contribution in [0.5, 0.6) is 5.75 Å². The van der Waals surface area contributed by atoms with Crippen LogP contribution in [0.25, 0.3) is 0 Å². The number of aromatic nitrogens is 2. The molecule has 1 rings (SSSR count). The first-order chi connectivity index (χ1) is 8.86. The summed E-state index contributed by atoms with van der Waals surface area (Å²) < 4.78 is 30.7. The third kappa shape index (κ3) is 3.48. The van der Waals surface area contributed by atoms with Gasteiger partial charge in [-0.05, 0) is 20.4 Å². The van der Waals surface area contributed by atoms with Gasteiger partial charge in [0.05, 0.1) is 30.3 Å². The zero-order valence-corrected chi connectivity index (χ0v) is 13.0. The molecule has 19 heavy (non-hydrogen) atoms. The molecule has 0 aromatic carbocycles. The van der Waals surface area contributed by atoms with E-state index in [1.54, 1.807) is 24.9 Å². The van der Waals surface area contributed by atoms with Crippen molar-refractivity contribution in [1.29, 1.82) is 0 Å². The third-order valence-corrected chi connectivity index (χ3v) is 4.85. The number of ether oxygens (including phenoxy) is 1. The van der Waals surface area contributed by atoms with Crippen LogP contribution in [0.4, 0.5) is 0 Å². The summed E-state index contributed by atoms with van der Waals surface area (Å²) in [6, 6.07) is -0.336. The lowest BCUT2D eigenvalue weighted by Gasteiger charge is -2.25. The molecular formula is C12H23N3O3S. The molecule has 1 aromatic heterocycles. The quantitative estimate of drug-likeness (QED) is 0.810. The number of hydrogen-bond acceptors (Lipinski definition) is 5. The Bertz CT molecular complexity index is 489. The van der Waals surface area contributed by atoms with Gasteiger partial charge in [0.1, 0.15) is 0 Å². The predicted octanol–water partition coefficient (Wildman–Crippen LogP) is 0.995. The minimum absolute atomic E-state index is 0.336. The number of rotatable bonds is 7. The van der Waals surface area contributed by atoms with Gasteiger partial charge in [-0.2, -0.15) is 5.10 Å². The van der Waals surface area contributed by atoms with Gasteiger partial charge in [0.25, 0.3) is 0 Å². The van der Waals surface area contributed by atoms with E-state index in [1.165, 1.54) is 6.26 Å². The molecule has 0 bridgehead atoms. The van der Waals surface area contributed by atoms with Gasteiger partial charge in [-0.3, -0.25) is 4.68 Å². The van der Waals surface area contributed by atoms with E-state index in [0.717, 1.165) is 5.69 Å². The van der Waals surface area contributed by atoms with E-state index >= 15 is 0 Å². The summed E-state index contributed by atoms with van der Waals surface area (Å²) in [5.74, 6) is 0.614. The molecule has 0 saturated carbocycles. The van der Waals surface area contributed by atoms with Gasteiger partial charge < -0.3 is 10.1 Å². The van der Waals surface area contributed by atoms with E-state index < -0.39 is 15.1 Å². The topological polar surface area (TPSA) is 73.2 Å². The van der Waals surface area contributed by atoms with E-state index in [4.69, 9.17) is 4.74 Å². The molecule has 0 spiro atoms. The molecule has 2 atom stereocenters. The van der Waals surface area contributed by atoms with Crippen LogP contribution in [0.1, 0.15) is 32.5 Å². The molecular weight excluding hydrogens is 266 g/mol. The second-order valence-electron chi connectivity index (χ2n) is 4.48. The molecule has 0 radical (unpaired) electrons. The minimum Gasteiger partial charge on any atom is -0.493 e. The fraction of sp³-hybridized carbons (Fsp3) is 0.750. The Balaban J connectivity index is 3.29. The zero-order chi connectivity index (χ0) is 14.6. The maximum atomic E-state index is 11.8. The standard InChI is InChI=1S/C12H23N3O3S/c1-6-13-11(9(3)19(5,16)17)12-10(18-4)8-14-15(12)7-2/h8-9,11,13H,6-7H2,1-5H3. The van der Waals surface area contributed by atoms with Gasteiger partial charge in [0, 0.05) is 12.8 Å². The van der Waals surface area contributed by atoms with Crippen molar-refractivity contribution in [3.05, 3.63) is 11.9 Å². The third-order valence-electron chi connectivity index (χ3n) is 3.23. The van der Waals surface area contributed by atoms with Gasteiger partial charge in [0.2, 0.25) is 0 Å². The second kappa shape index (κ2) is 6.38. The lowest BCUT2D eigenvalue weighted by Crippen LogP contribution is -2.36. The second-order valence-corrected chi connectivity index (χ2v) is 6.89. The summed E-state index contributed by atoms with van der Waals surface area (Å²) in [5, 5.41) is 6.90. The van der Waals surface area contributed by atoms with Crippen molar-refractivity contribution < 1.29 is 13.2 Å². The number of hydrogen-bond donors (Lipinski definition) is 1. The highest BCUT2D eigenvalue weighted by atomic mass is 32.2. The molecule has 1 N–H and O–H groups in total. The lowest BCUT2D eigenvalue weighted by atomic mass is 10.1. The van der Waals surface area contributed by atoms with Gasteiger partial charge in [-0.25, -0.2) is 8.42 Å². The first-order valence-electron chi connectivity index (χ1n) is 6.38. The van der Waals surface area contributed by atoms with Crippen LogP contribution < -0.4 is 10.1 Å². The molecule has 6 nitrogen and oxygen atoms in total. The SMILES string of the molecule is CCNC(c1c(OC)cnn1CC)C(C)S(C)(=O)=O. The lowest BCUT2D eigenvalue weighted by molar-refractivity contribution is 0.389. The summed E-state index contributed by atoms with van der Waals surface area (Å²) in [4.78, 5) is 0. The fourth-order valence-electron chi connectivity index (χ4n) is 2.05. The van der Waals surface area contributed by atoms with Crippen molar-refractivity contribution in [3.63, 3.8) is 0 Å². The minimum atomic E-state index is -3.16. The van der Waals surface area contributed by atoms with Crippen LogP contribution in [-0.4, -0.2) is 43.4 Å². The van der Waals surface area contributed by atoms with Gasteiger partial charge in [-0.1, -0.05) is 6.92 Å². The zero-order valence-electron chi connectivity index (χ0n) is 12.2. The van der Waals surface area contributed by atoms with Crippen LogP contribution in [0, 0.1) is 0 Å². The van der Waals surface area contributed by atoms with Gasteiger partial charge in [0.15, 0.2) is 15.6 Å². The highest BCUT2D eigenvalue weighted by molar-refractivity contribution is 7.91. The molecule has 2 unspecified atom stereocenters. The largest absolute Gasteiger partial charge is 0.493 e. The predicted molar refractivity (Wildman–Crippen MR) is 75.2 cm³/mol. The van der Waals surface area contributed by atoms with E-state index in [9.17, 15) is 8.42 Å². The van der Waals surface area contributed by atoms with E-state index in [1.807, 2.05) is 13.8 Å². The summed E-state index contributed by atoms with van der Waals surface area (Å²) in [7, 11) is -1.60. The smallest absolute Gasteiger partial charge is 0.161 e. The Labute approximate surface area is 115 Å². The van der Waals surface area contributed by atoms with E-state index in [0.29, 0.717) is 18.8 Å². The molecule has 110 valence electrons. The van der Waals surface area contributed by atoms with Crippen molar-refractivity contribution in [3.8, 4) is 5.75 Å². The van der Waals surface area contributed by atoms with Crippen LogP contribution in [0.15, 0.2) is 6.20 Å². The van der Waals surface area contributed by atoms with Crippen molar-refractivity contribution in [1.82, 2.24) is 15.1 Å². The number of aryl methyl sites for hydroxylation is 1. The Morgan fingerprint density at radius 2 is 2.11 bits per heavy atom. The Hall–Kier alpha value is -1.08. The summed E-state index contributed by atoms with van der Waals surface area (Å²) in [6.07, 6.45) is 2.87. The Morgan fingerprint density at radius 3 is 2.53 bits per heavy atom. The number of methoxy groups -OCH3 is 1. The molecule has 1 heterocycles. The number of nitrogens with one attached hydrogen (secondary N) is 1. The maximum absolute atomic E-state index is 11.8. The number of nitrogens with zero attached hydrogens (tertiary/aromatic N) is 2. The number of sulfone groups is 1. The normalized spacial score (nSPS) is 15.2. The van der Waals surface area contributed by atoms with Crippen LogP contribution >= 0.6 is 0 Å². The van der Waals surface area contributed by atoms with Gasteiger partial charge >= 0.3 is 0 Å². The first kappa shape index (κ1) is 16.0. The first-order valence-corrected chi connectivity index (χ1v) is 8.34. The average molecular weight is 289 g/mol. The highest BCUT2D eigenvalue weighted by Crippen LogP contribution is 2.29. The maximum Gasteiger partial charge on any atom is 0.161 e. The summed E-state index contributed by atoms with van der Waals surface area (Å²) >= 11 is 0. The van der Waals surface area contributed by atoms with Crippen LogP contribution in [0.2, 0.25) is 0 Å². The van der Waals surface area contributed by atoms with Crippen LogP contribution in [-0.2, 0) is 16.4 Å². The van der Waals surface area contributed by atoms with E-state index in [2.05, 4.69) is 10.4 Å². The molecule has 1 aromatic rings. The molecule has 0 saturated heterocycles. The highest BCUT2D eigenvalue weighted by Gasteiger charge is 2.31. The van der Waals surface area contributed by atoms with Crippen LogP contribution in [0.3, 0.4) is 0 Å². The summed E-state index contributed by atoms with van der Waals surface area (Å²) in [6.45, 7) is 6.94. The van der Waals surface area contributed by atoms with Crippen molar-refractivity contribution in [2.24, 2.45) is 0 Å². The Morgan fingerprint density at radius 1 is 1.47 bits per heavy atom. The van der Waals surface area contributed by atoms with Crippen molar-refractivity contribution in [2.45, 2.75) is 38.6 Å².